The SMILES string of the molecule is CC1CC2(CS1)CC2CN. The summed E-state index contributed by atoms with van der Waals surface area (Å²) in [6.45, 7) is 3.26. The smallest absolute Gasteiger partial charge is 0.00246 e. The third-order valence-corrected chi connectivity index (χ3v) is 4.47. The summed E-state index contributed by atoms with van der Waals surface area (Å²) in [5.74, 6) is 2.26. The molecule has 1 aliphatic heterocycles. The van der Waals surface area contributed by atoms with Crippen molar-refractivity contribution in [3.05, 3.63) is 0 Å². The summed E-state index contributed by atoms with van der Waals surface area (Å²) in [4.78, 5) is 0. The largest absolute Gasteiger partial charge is 0.330 e. The molecule has 1 spiro atoms. The highest BCUT2D eigenvalue weighted by molar-refractivity contribution is 8.00. The molecule has 1 saturated heterocycles. The molecule has 0 aromatic carbocycles. The highest BCUT2D eigenvalue weighted by Crippen LogP contribution is 2.62. The fourth-order valence-corrected chi connectivity index (χ4v) is 3.73. The predicted molar refractivity (Wildman–Crippen MR) is 46.1 cm³/mol. The summed E-state index contributed by atoms with van der Waals surface area (Å²) < 4.78 is 0. The lowest BCUT2D eigenvalue weighted by atomic mass is 10.0. The van der Waals surface area contributed by atoms with Crippen molar-refractivity contribution < 1.29 is 0 Å². The summed E-state index contributed by atoms with van der Waals surface area (Å²) in [7, 11) is 0. The van der Waals surface area contributed by atoms with Gasteiger partial charge in [-0.05, 0) is 36.5 Å². The third kappa shape index (κ3) is 0.892. The van der Waals surface area contributed by atoms with Gasteiger partial charge >= 0.3 is 0 Å². The third-order valence-electron chi connectivity index (χ3n) is 2.99. The number of thioether (sulfide) groups is 1. The molecule has 10 heavy (non-hydrogen) atoms. The molecule has 0 aromatic rings. The van der Waals surface area contributed by atoms with Gasteiger partial charge in [0.15, 0.2) is 0 Å². The van der Waals surface area contributed by atoms with Crippen LogP contribution in [0, 0.1) is 11.3 Å². The minimum absolute atomic E-state index is 0.721. The van der Waals surface area contributed by atoms with Gasteiger partial charge in [0.25, 0.3) is 0 Å². The van der Waals surface area contributed by atoms with E-state index in [0.29, 0.717) is 0 Å². The molecule has 1 heterocycles. The topological polar surface area (TPSA) is 26.0 Å². The van der Waals surface area contributed by atoms with Crippen molar-refractivity contribution in [2.45, 2.75) is 25.0 Å². The van der Waals surface area contributed by atoms with E-state index in [2.05, 4.69) is 18.7 Å². The van der Waals surface area contributed by atoms with Crippen molar-refractivity contribution in [1.29, 1.82) is 0 Å². The Morgan fingerprint density at radius 2 is 2.40 bits per heavy atom. The molecular formula is C8H15NS. The van der Waals surface area contributed by atoms with Crippen molar-refractivity contribution in [2.75, 3.05) is 12.3 Å². The maximum absolute atomic E-state index is 5.62. The van der Waals surface area contributed by atoms with Crippen LogP contribution in [-0.2, 0) is 0 Å². The van der Waals surface area contributed by atoms with Gasteiger partial charge in [0.1, 0.15) is 0 Å². The van der Waals surface area contributed by atoms with Crippen LogP contribution in [0.1, 0.15) is 19.8 Å². The van der Waals surface area contributed by atoms with Crippen molar-refractivity contribution in [1.82, 2.24) is 0 Å². The zero-order chi connectivity index (χ0) is 7.19. The van der Waals surface area contributed by atoms with E-state index in [0.717, 1.165) is 23.1 Å². The second kappa shape index (κ2) is 2.15. The van der Waals surface area contributed by atoms with Crippen LogP contribution < -0.4 is 5.73 Å². The normalized spacial score (nSPS) is 52.2. The Morgan fingerprint density at radius 3 is 2.80 bits per heavy atom. The van der Waals surface area contributed by atoms with Gasteiger partial charge < -0.3 is 5.73 Å². The van der Waals surface area contributed by atoms with Crippen molar-refractivity contribution in [3.8, 4) is 0 Å². The van der Waals surface area contributed by atoms with E-state index >= 15 is 0 Å². The molecule has 2 heteroatoms. The van der Waals surface area contributed by atoms with Gasteiger partial charge in [-0.25, -0.2) is 0 Å². The van der Waals surface area contributed by atoms with Crippen LogP contribution in [0.2, 0.25) is 0 Å². The lowest BCUT2D eigenvalue weighted by molar-refractivity contribution is 0.497. The fraction of sp³-hybridized carbons (Fsp3) is 1.00. The summed E-state index contributed by atoms with van der Waals surface area (Å²) in [6.07, 6.45) is 2.85. The molecule has 3 atom stereocenters. The second-order valence-electron chi connectivity index (χ2n) is 3.82. The molecule has 58 valence electrons. The van der Waals surface area contributed by atoms with Crippen LogP contribution in [-0.4, -0.2) is 17.5 Å². The maximum Gasteiger partial charge on any atom is 0.00246 e. The van der Waals surface area contributed by atoms with Crippen LogP contribution in [0.3, 0.4) is 0 Å². The van der Waals surface area contributed by atoms with E-state index in [1.165, 1.54) is 18.6 Å². The predicted octanol–water partition coefficient (Wildman–Crippen LogP) is 1.48. The van der Waals surface area contributed by atoms with Gasteiger partial charge in [-0.1, -0.05) is 6.92 Å². The van der Waals surface area contributed by atoms with Crippen LogP contribution in [0.15, 0.2) is 0 Å². The zero-order valence-electron chi connectivity index (χ0n) is 6.47. The van der Waals surface area contributed by atoms with Gasteiger partial charge in [0.05, 0.1) is 0 Å². The van der Waals surface area contributed by atoms with E-state index in [-0.39, 0.29) is 0 Å². The number of hydrogen-bond acceptors (Lipinski definition) is 2. The van der Waals surface area contributed by atoms with Crippen molar-refractivity contribution in [2.24, 2.45) is 17.1 Å². The molecule has 0 aromatic heterocycles. The molecule has 2 aliphatic rings. The van der Waals surface area contributed by atoms with Crippen LogP contribution in [0.5, 0.6) is 0 Å². The monoisotopic (exact) mass is 157 g/mol. The van der Waals surface area contributed by atoms with Crippen LogP contribution >= 0.6 is 11.8 Å². The summed E-state index contributed by atoms with van der Waals surface area (Å²) in [6, 6.07) is 0. The first-order valence-corrected chi connectivity index (χ1v) is 5.13. The average molecular weight is 157 g/mol. The Bertz CT molecular complexity index is 148. The van der Waals surface area contributed by atoms with Gasteiger partial charge in [-0.2, -0.15) is 11.8 Å². The van der Waals surface area contributed by atoms with Crippen molar-refractivity contribution >= 4 is 11.8 Å². The van der Waals surface area contributed by atoms with E-state index in [9.17, 15) is 0 Å². The molecule has 1 saturated carbocycles. The quantitative estimate of drug-likeness (QED) is 0.624. The Kier molecular flexibility index (Phi) is 1.50. The van der Waals surface area contributed by atoms with Gasteiger partial charge in [0.2, 0.25) is 0 Å². The van der Waals surface area contributed by atoms with Gasteiger partial charge in [-0.15, -0.1) is 0 Å². The van der Waals surface area contributed by atoms with Crippen LogP contribution in [0.25, 0.3) is 0 Å². The van der Waals surface area contributed by atoms with Crippen LogP contribution in [0.4, 0.5) is 0 Å². The Labute approximate surface area is 66.7 Å². The second-order valence-corrected chi connectivity index (χ2v) is 5.25. The Balaban J connectivity index is 1.96. The number of rotatable bonds is 1. The van der Waals surface area contributed by atoms with E-state index in [1.54, 1.807) is 0 Å². The summed E-state index contributed by atoms with van der Waals surface area (Å²) in [5.41, 5.74) is 6.35. The lowest BCUT2D eigenvalue weighted by Crippen LogP contribution is -2.10. The molecule has 2 N–H and O–H groups in total. The number of hydrogen-bond donors (Lipinski definition) is 1. The van der Waals surface area contributed by atoms with E-state index in [1.807, 2.05) is 0 Å². The Morgan fingerprint density at radius 1 is 1.60 bits per heavy atom. The van der Waals surface area contributed by atoms with E-state index in [4.69, 9.17) is 5.73 Å². The first kappa shape index (κ1) is 6.99. The highest BCUT2D eigenvalue weighted by atomic mass is 32.2. The van der Waals surface area contributed by atoms with Crippen molar-refractivity contribution in [3.63, 3.8) is 0 Å². The highest BCUT2D eigenvalue weighted by Gasteiger charge is 2.56. The molecule has 2 fully saturated rings. The number of nitrogens with two attached hydrogens (primary N) is 1. The molecule has 3 unspecified atom stereocenters. The summed E-state index contributed by atoms with van der Waals surface area (Å²) >= 11 is 2.13. The molecule has 1 aliphatic carbocycles. The standard InChI is InChI=1S/C8H15NS/c1-6-2-8(5-10-6)3-7(8)4-9/h6-7H,2-5,9H2,1H3. The molecule has 0 bridgehead atoms. The maximum atomic E-state index is 5.62. The zero-order valence-corrected chi connectivity index (χ0v) is 7.29. The molecule has 0 radical (unpaired) electrons. The first-order valence-electron chi connectivity index (χ1n) is 4.08. The fourth-order valence-electron chi connectivity index (χ4n) is 2.19. The Hall–Kier alpha value is 0.310. The first-order chi connectivity index (χ1) is 4.77. The summed E-state index contributed by atoms with van der Waals surface area (Å²) in [5, 5.41) is 0.900. The lowest BCUT2D eigenvalue weighted by Gasteiger charge is -2.04. The molecule has 2 rings (SSSR count). The molecular weight excluding hydrogens is 142 g/mol. The molecule has 0 amide bonds. The minimum atomic E-state index is 0.721. The van der Waals surface area contributed by atoms with E-state index < -0.39 is 0 Å². The average Bonchev–Trinajstić information content (AvgIpc) is 2.46. The van der Waals surface area contributed by atoms with Gasteiger partial charge in [0, 0.05) is 5.25 Å². The molecule has 1 nitrogen and oxygen atoms in total. The van der Waals surface area contributed by atoms with Gasteiger partial charge in [-0.3, -0.25) is 0 Å². The minimum Gasteiger partial charge on any atom is -0.330 e.